The molecule has 0 spiro atoms. The second kappa shape index (κ2) is 6.63. The molecule has 1 aliphatic rings. The van der Waals surface area contributed by atoms with Crippen molar-refractivity contribution in [2.75, 3.05) is 20.2 Å². The van der Waals surface area contributed by atoms with Gasteiger partial charge in [-0.1, -0.05) is 11.6 Å². The van der Waals surface area contributed by atoms with Crippen LogP contribution < -0.4 is 10.5 Å². The number of nitrogens with zero attached hydrogens (tertiary/aromatic N) is 1. The molecule has 0 radical (unpaired) electrons. The highest BCUT2D eigenvalue weighted by Gasteiger charge is 2.28. The van der Waals surface area contributed by atoms with Gasteiger partial charge in [-0.3, -0.25) is 9.59 Å². The first-order valence-corrected chi connectivity index (χ1v) is 6.99. The summed E-state index contributed by atoms with van der Waals surface area (Å²) in [4.78, 5) is 24.8. The van der Waals surface area contributed by atoms with Gasteiger partial charge >= 0.3 is 0 Å². The Kier molecular flexibility index (Phi) is 4.85. The number of ether oxygens (including phenoxy) is 1. The topological polar surface area (TPSA) is 72.6 Å². The Bertz CT molecular complexity index is 586. The van der Waals surface area contributed by atoms with E-state index in [1.54, 1.807) is 36.3 Å². The number of carbonyl (C=O) groups excluding carboxylic acids is 2. The molecule has 1 aromatic rings. The van der Waals surface area contributed by atoms with Crippen LogP contribution in [0.2, 0.25) is 5.02 Å². The van der Waals surface area contributed by atoms with Crippen molar-refractivity contribution in [3.63, 3.8) is 0 Å². The fraction of sp³-hybridized carbons (Fsp3) is 0.333. The molecule has 1 heterocycles. The third kappa shape index (κ3) is 3.76. The van der Waals surface area contributed by atoms with Crippen molar-refractivity contribution >= 4 is 29.5 Å². The summed E-state index contributed by atoms with van der Waals surface area (Å²) in [7, 11) is 1.56. The van der Waals surface area contributed by atoms with Gasteiger partial charge in [0.05, 0.1) is 13.0 Å². The summed E-state index contributed by atoms with van der Waals surface area (Å²) in [5.41, 5.74) is 5.98. The van der Waals surface area contributed by atoms with Crippen molar-refractivity contribution in [1.29, 1.82) is 0 Å². The van der Waals surface area contributed by atoms with E-state index in [0.29, 0.717) is 30.3 Å². The number of carbonyl (C=O) groups is 2. The van der Waals surface area contributed by atoms with Crippen LogP contribution in [-0.4, -0.2) is 36.9 Å². The van der Waals surface area contributed by atoms with Crippen LogP contribution in [0.1, 0.15) is 12.0 Å². The number of methoxy groups -OCH3 is 1. The Balaban J connectivity index is 2.06. The zero-order chi connectivity index (χ0) is 15.4. The molecule has 21 heavy (non-hydrogen) atoms. The molecule has 0 unspecified atom stereocenters. The highest BCUT2D eigenvalue weighted by molar-refractivity contribution is 6.30. The molecule has 2 amide bonds. The van der Waals surface area contributed by atoms with E-state index in [-0.39, 0.29) is 17.7 Å². The van der Waals surface area contributed by atoms with Gasteiger partial charge in [-0.05, 0) is 30.7 Å². The van der Waals surface area contributed by atoms with E-state index in [1.807, 2.05) is 0 Å². The number of primary amides is 1. The summed E-state index contributed by atoms with van der Waals surface area (Å²) >= 11 is 5.93. The van der Waals surface area contributed by atoms with Gasteiger partial charge in [-0.2, -0.15) is 0 Å². The molecule has 2 rings (SSSR count). The molecular weight excluding hydrogens is 292 g/mol. The van der Waals surface area contributed by atoms with Crippen LogP contribution in [0.25, 0.3) is 6.08 Å². The summed E-state index contributed by atoms with van der Waals surface area (Å²) in [6.45, 7) is 0.925. The summed E-state index contributed by atoms with van der Waals surface area (Å²) in [5.74, 6) is -0.116. The lowest BCUT2D eigenvalue weighted by Crippen LogP contribution is -2.30. The minimum atomic E-state index is -0.356. The molecule has 1 aromatic carbocycles. The second-order valence-corrected chi connectivity index (χ2v) is 5.33. The molecule has 112 valence electrons. The van der Waals surface area contributed by atoms with Crippen LogP contribution in [0, 0.1) is 5.92 Å². The van der Waals surface area contributed by atoms with Crippen molar-refractivity contribution < 1.29 is 14.3 Å². The van der Waals surface area contributed by atoms with Crippen LogP contribution in [0.5, 0.6) is 5.75 Å². The maximum atomic E-state index is 12.1. The number of halogens is 1. The Morgan fingerprint density at radius 3 is 2.86 bits per heavy atom. The number of amides is 2. The Hall–Kier alpha value is -2.01. The zero-order valence-electron chi connectivity index (χ0n) is 11.7. The first kappa shape index (κ1) is 15.4. The molecule has 0 bridgehead atoms. The van der Waals surface area contributed by atoms with Crippen LogP contribution in [0.15, 0.2) is 24.3 Å². The molecule has 0 aromatic heterocycles. The molecular formula is C15H17ClN2O3. The van der Waals surface area contributed by atoms with Crippen molar-refractivity contribution in [1.82, 2.24) is 4.90 Å². The highest BCUT2D eigenvalue weighted by atomic mass is 35.5. The van der Waals surface area contributed by atoms with Crippen LogP contribution in [-0.2, 0) is 9.59 Å². The Morgan fingerprint density at radius 2 is 2.24 bits per heavy atom. The van der Waals surface area contributed by atoms with Gasteiger partial charge < -0.3 is 15.4 Å². The average molecular weight is 309 g/mol. The molecule has 0 aliphatic carbocycles. The molecule has 1 fully saturated rings. The number of hydrogen-bond donors (Lipinski definition) is 1. The van der Waals surface area contributed by atoms with Gasteiger partial charge in [0.15, 0.2) is 0 Å². The molecule has 5 nitrogen and oxygen atoms in total. The fourth-order valence-corrected chi connectivity index (χ4v) is 2.48. The van der Waals surface area contributed by atoms with Gasteiger partial charge in [0, 0.05) is 29.8 Å². The van der Waals surface area contributed by atoms with Gasteiger partial charge in [0.25, 0.3) is 0 Å². The third-order valence-electron chi connectivity index (χ3n) is 3.50. The van der Waals surface area contributed by atoms with Crippen LogP contribution in [0.3, 0.4) is 0 Å². The SMILES string of the molecule is COc1ccc(Cl)cc1/C=C/C(=O)N1CC[C@H](C(N)=O)C1. The summed E-state index contributed by atoms with van der Waals surface area (Å²) in [5, 5.41) is 0.567. The lowest BCUT2D eigenvalue weighted by Gasteiger charge is -2.13. The van der Waals surface area contributed by atoms with Gasteiger partial charge in [0.2, 0.25) is 11.8 Å². The van der Waals surface area contributed by atoms with E-state index in [2.05, 4.69) is 0 Å². The minimum Gasteiger partial charge on any atom is -0.496 e. The zero-order valence-corrected chi connectivity index (χ0v) is 12.5. The smallest absolute Gasteiger partial charge is 0.246 e. The van der Waals surface area contributed by atoms with Gasteiger partial charge in [-0.25, -0.2) is 0 Å². The number of likely N-dealkylation sites (tertiary alicyclic amines) is 1. The van der Waals surface area contributed by atoms with E-state index in [0.717, 1.165) is 5.56 Å². The van der Waals surface area contributed by atoms with Crippen LogP contribution in [0.4, 0.5) is 0 Å². The number of rotatable bonds is 4. The van der Waals surface area contributed by atoms with Gasteiger partial charge in [-0.15, -0.1) is 0 Å². The number of benzene rings is 1. The molecule has 6 heteroatoms. The summed E-state index contributed by atoms with van der Waals surface area (Å²) in [6, 6.07) is 5.18. The maximum Gasteiger partial charge on any atom is 0.246 e. The summed E-state index contributed by atoms with van der Waals surface area (Å²) in [6.07, 6.45) is 3.73. The lowest BCUT2D eigenvalue weighted by molar-refractivity contribution is -0.125. The van der Waals surface area contributed by atoms with E-state index in [9.17, 15) is 9.59 Å². The normalized spacial score (nSPS) is 18.2. The Labute approximate surface area is 128 Å². The molecule has 2 N–H and O–H groups in total. The molecule has 1 saturated heterocycles. The molecule has 1 aliphatic heterocycles. The first-order chi connectivity index (χ1) is 10.0. The van der Waals surface area contributed by atoms with E-state index in [1.165, 1.54) is 6.08 Å². The number of nitrogens with two attached hydrogens (primary N) is 1. The van der Waals surface area contributed by atoms with Crippen molar-refractivity contribution in [3.8, 4) is 5.75 Å². The predicted octanol–water partition coefficient (Wildman–Crippen LogP) is 1.70. The monoisotopic (exact) mass is 308 g/mol. The second-order valence-electron chi connectivity index (χ2n) is 4.89. The van der Waals surface area contributed by atoms with Crippen molar-refractivity contribution in [2.24, 2.45) is 11.7 Å². The summed E-state index contributed by atoms with van der Waals surface area (Å²) < 4.78 is 5.21. The van der Waals surface area contributed by atoms with E-state index < -0.39 is 0 Å². The number of hydrogen-bond acceptors (Lipinski definition) is 3. The van der Waals surface area contributed by atoms with E-state index in [4.69, 9.17) is 22.1 Å². The van der Waals surface area contributed by atoms with Crippen molar-refractivity contribution in [2.45, 2.75) is 6.42 Å². The predicted molar refractivity (Wildman–Crippen MR) is 80.9 cm³/mol. The fourth-order valence-electron chi connectivity index (χ4n) is 2.29. The standard InChI is InChI=1S/C15H17ClN2O3/c1-21-13-4-3-12(16)8-10(13)2-5-14(19)18-7-6-11(9-18)15(17)20/h2-5,8,11H,6-7,9H2,1H3,(H2,17,20)/b5-2+/t11-/m0/s1. The van der Waals surface area contributed by atoms with Gasteiger partial charge in [0.1, 0.15) is 5.75 Å². The molecule has 1 atom stereocenters. The first-order valence-electron chi connectivity index (χ1n) is 6.61. The van der Waals surface area contributed by atoms with Crippen LogP contribution >= 0.6 is 11.6 Å². The van der Waals surface area contributed by atoms with Crippen molar-refractivity contribution in [3.05, 3.63) is 34.9 Å². The highest BCUT2D eigenvalue weighted by Crippen LogP contribution is 2.24. The maximum absolute atomic E-state index is 12.1. The largest absolute Gasteiger partial charge is 0.496 e. The quantitative estimate of drug-likeness (QED) is 0.860. The van der Waals surface area contributed by atoms with E-state index >= 15 is 0 Å². The minimum absolute atomic E-state index is 0.152. The lowest BCUT2D eigenvalue weighted by atomic mass is 10.1. The Morgan fingerprint density at radius 1 is 1.48 bits per heavy atom. The average Bonchev–Trinajstić information content (AvgIpc) is 2.95. The molecule has 0 saturated carbocycles. The third-order valence-corrected chi connectivity index (χ3v) is 3.73.